The summed E-state index contributed by atoms with van der Waals surface area (Å²) < 4.78 is 6.22. The number of likely N-dealkylation sites (tertiary alicyclic amines) is 1. The molecule has 4 aromatic rings. The molecule has 0 unspecified atom stereocenters. The minimum Gasteiger partial charge on any atom is -0.481 e. The number of carbonyl (C=O) groups is 1. The molecule has 6 heteroatoms. The summed E-state index contributed by atoms with van der Waals surface area (Å²) in [6, 6.07) is 22.3. The molecule has 5 rings (SSSR count). The fourth-order valence-electron chi connectivity index (χ4n) is 4.84. The van der Waals surface area contributed by atoms with E-state index in [1.165, 1.54) is 0 Å². The Labute approximate surface area is 210 Å². The zero-order valence-corrected chi connectivity index (χ0v) is 20.3. The normalized spacial score (nSPS) is 16.3. The van der Waals surface area contributed by atoms with Gasteiger partial charge in [0.2, 0.25) is 5.89 Å². The number of hydrogen-bond donors (Lipinski definition) is 1. The number of hydrogen-bond acceptors (Lipinski definition) is 4. The summed E-state index contributed by atoms with van der Waals surface area (Å²) >= 11 is 6.51. The molecular weight excluding hydrogens is 460 g/mol. The van der Waals surface area contributed by atoms with Gasteiger partial charge in [-0.05, 0) is 66.8 Å². The average molecular weight is 487 g/mol. The Balaban J connectivity index is 1.40. The molecule has 1 aromatic heterocycles. The first-order valence-electron chi connectivity index (χ1n) is 11.8. The van der Waals surface area contributed by atoms with E-state index in [0.29, 0.717) is 29.8 Å². The van der Waals surface area contributed by atoms with E-state index < -0.39 is 5.97 Å². The largest absolute Gasteiger partial charge is 0.481 e. The van der Waals surface area contributed by atoms with Crippen LogP contribution in [-0.2, 0) is 11.3 Å². The van der Waals surface area contributed by atoms with Gasteiger partial charge in [0.1, 0.15) is 0 Å². The Morgan fingerprint density at radius 3 is 2.69 bits per heavy atom. The number of carboxylic acid groups (broad SMARTS) is 1. The van der Waals surface area contributed by atoms with E-state index in [1.807, 2.05) is 42.5 Å². The number of aromatic nitrogens is 1. The van der Waals surface area contributed by atoms with Gasteiger partial charge in [-0.3, -0.25) is 9.69 Å². The molecule has 1 aliphatic rings. The van der Waals surface area contributed by atoms with E-state index in [9.17, 15) is 9.90 Å². The SMILES string of the molecule is Cc1c(-c2ccccc2)cccc1-c1cnc(-c2ccc(Cl)c(CN3CCC[C@@H](C(=O)O)C3)c2)o1. The first-order chi connectivity index (χ1) is 17.0. The molecule has 0 amide bonds. The Hall–Kier alpha value is -3.41. The van der Waals surface area contributed by atoms with Crippen LogP contribution in [0.4, 0.5) is 0 Å². The number of nitrogens with zero attached hydrogens (tertiary/aromatic N) is 2. The first kappa shape index (κ1) is 23.3. The van der Waals surface area contributed by atoms with Gasteiger partial charge in [0.25, 0.3) is 0 Å². The van der Waals surface area contributed by atoms with Crippen molar-refractivity contribution in [2.45, 2.75) is 26.3 Å². The average Bonchev–Trinajstić information content (AvgIpc) is 3.36. The van der Waals surface area contributed by atoms with Crippen molar-refractivity contribution in [3.8, 4) is 33.9 Å². The number of aliphatic carboxylic acids is 1. The van der Waals surface area contributed by atoms with Crippen LogP contribution < -0.4 is 0 Å². The second kappa shape index (κ2) is 10.1. The van der Waals surface area contributed by atoms with Gasteiger partial charge in [-0.25, -0.2) is 4.98 Å². The minimum absolute atomic E-state index is 0.324. The molecule has 1 atom stereocenters. The highest BCUT2D eigenvalue weighted by atomic mass is 35.5. The van der Waals surface area contributed by atoms with E-state index >= 15 is 0 Å². The summed E-state index contributed by atoms with van der Waals surface area (Å²) in [5, 5.41) is 10.1. The number of benzene rings is 3. The summed E-state index contributed by atoms with van der Waals surface area (Å²) in [6.45, 7) is 4.10. The van der Waals surface area contributed by atoms with Crippen LogP contribution in [0.15, 0.2) is 77.3 Å². The van der Waals surface area contributed by atoms with E-state index in [2.05, 4.69) is 41.1 Å². The monoisotopic (exact) mass is 486 g/mol. The number of oxazole rings is 1. The van der Waals surface area contributed by atoms with Crippen LogP contribution >= 0.6 is 11.6 Å². The fraction of sp³-hybridized carbons (Fsp3) is 0.241. The lowest BCUT2D eigenvalue weighted by Gasteiger charge is -2.30. The molecule has 5 nitrogen and oxygen atoms in total. The topological polar surface area (TPSA) is 66.6 Å². The molecule has 0 radical (unpaired) electrons. The van der Waals surface area contributed by atoms with Crippen LogP contribution in [0.1, 0.15) is 24.0 Å². The van der Waals surface area contributed by atoms with Crippen molar-refractivity contribution in [2.75, 3.05) is 13.1 Å². The molecule has 178 valence electrons. The molecule has 3 aromatic carbocycles. The second-order valence-corrected chi connectivity index (χ2v) is 9.50. The maximum Gasteiger partial charge on any atom is 0.307 e. The zero-order valence-electron chi connectivity index (χ0n) is 19.6. The number of piperidine rings is 1. The summed E-state index contributed by atoms with van der Waals surface area (Å²) in [6.07, 6.45) is 3.37. The van der Waals surface area contributed by atoms with Gasteiger partial charge in [0.15, 0.2) is 5.76 Å². The number of rotatable bonds is 6. The molecule has 0 spiro atoms. The third-order valence-electron chi connectivity index (χ3n) is 6.73. The van der Waals surface area contributed by atoms with Crippen molar-refractivity contribution in [2.24, 2.45) is 5.92 Å². The van der Waals surface area contributed by atoms with Crippen molar-refractivity contribution in [3.63, 3.8) is 0 Å². The molecule has 35 heavy (non-hydrogen) atoms. The summed E-state index contributed by atoms with van der Waals surface area (Å²) in [5.41, 5.74) is 6.26. The van der Waals surface area contributed by atoms with E-state index in [1.54, 1.807) is 6.20 Å². The van der Waals surface area contributed by atoms with Crippen LogP contribution in [0.5, 0.6) is 0 Å². The summed E-state index contributed by atoms with van der Waals surface area (Å²) in [7, 11) is 0. The molecular formula is C29H27ClN2O3. The molecule has 2 heterocycles. The highest BCUT2D eigenvalue weighted by Gasteiger charge is 2.26. The highest BCUT2D eigenvalue weighted by molar-refractivity contribution is 6.31. The number of carboxylic acids is 1. The van der Waals surface area contributed by atoms with Gasteiger partial charge in [-0.15, -0.1) is 0 Å². The Bertz CT molecular complexity index is 1350. The summed E-state index contributed by atoms with van der Waals surface area (Å²) in [5.74, 6) is 0.194. The Morgan fingerprint density at radius 1 is 1.09 bits per heavy atom. The Kier molecular flexibility index (Phi) is 6.71. The van der Waals surface area contributed by atoms with Crippen molar-refractivity contribution in [3.05, 3.63) is 89.1 Å². The lowest BCUT2D eigenvalue weighted by Crippen LogP contribution is -2.38. The van der Waals surface area contributed by atoms with Gasteiger partial charge in [-0.1, -0.05) is 60.1 Å². The fourth-order valence-corrected chi connectivity index (χ4v) is 5.01. The van der Waals surface area contributed by atoms with E-state index in [0.717, 1.165) is 52.8 Å². The van der Waals surface area contributed by atoms with Gasteiger partial charge >= 0.3 is 5.97 Å². The van der Waals surface area contributed by atoms with E-state index in [-0.39, 0.29) is 5.92 Å². The van der Waals surface area contributed by atoms with Gasteiger partial charge in [0, 0.05) is 29.2 Å². The molecule has 1 fully saturated rings. The molecule has 1 N–H and O–H groups in total. The smallest absolute Gasteiger partial charge is 0.307 e. The molecule has 0 saturated carbocycles. The highest BCUT2D eigenvalue weighted by Crippen LogP contribution is 2.34. The second-order valence-electron chi connectivity index (χ2n) is 9.09. The predicted molar refractivity (Wildman–Crippen MR) is 138 cm³/mol. The van der Waals surface area contributed by atoms with Crippen molar-refractivity contribution in [1.82, 2.24) is 9.88 Å². The van der Waals surface area contributed by atoms with Gasteiger partial charge in [0.05, 0.1) is 12.1 Å². The maximum absolute atomic E-state index is 11.4. The third-order valence-corrected chi connectivity index (χ3v) is 7.10. The maximum atomic E-state index is 11.4. The lowest BCUT2D eigenvalue weighted by atomic mass is 9.96. The molecule has 0 bridgehead atoms. The standard InChI is InChI=1S/C29H27ClN2O3/c1-19-24(20-7-3-2-4-8-20)10-5-11-25(19)27-16-31-28(35-27)21-12-13-26(30)23(15-21)18-32-14-6-9-22(17-32)29(33)34/h2-5,7-8,10-13,15-16,22H,6,9,14,17-18H2,1H3,(H,33,34)/t22-/m1/s1. The van der Waals surface area contributed by atoms with Crippen molar-refractivity contribution >= 4 is 17.6 Å². The van der Waals surface area contributed by atoms with Crippen LogP contribution in [0.3, 0.4) is 0 Å². The van der Waals surface area contributed by atoms with Crippen LogP contribution in [-0.4, -0.2) is 34.0 Å². The minimum atomic E-state index is -0.728. The lowest BCUT2D eigenvalue weighted by molar-refractivity contribution is -0.143. The van der Waals surface area contributed by atoms with E-state index in [4.69, 9.17) is 16.0 Å². The van der Waals surface area contributed by atoms with Gasteiger partial charge < -0.3 is 9.52 Å². The van der Waals surface area contributed by atoms with Crippen molar-refractivity contribution in [1.29, 1.82) is 0 Å². The molecule has 1 saturated heterocycles. The molecule has 0 aliphatic carbocycles. The van der Waals surface area contributed by atoms with Crippen LogP contribution in [0.2, 0.25) is 5.02 Å². The van der Waals surface area contributed by atoms with Crippen LogP contribution in [0, 0.1) is 12.8 Å². The number of halogens is 1. The zero-order chi connectivity index (χ0) is 24.4. The first-order valence-corrected chi connectivity index (χ1v) is 12.2. The third kappa shape index (κ3) is 5.02. The van der Waals surface area contributed by atoms with Gasteiger partial charge in [-0.2, -0.15) is 0 Å². The quantitative estimate of drug-likeness (QED) is 0.320. The Morgan fingerprint density at radius 2 is 1.89 bits per heavy atom. The van der Waals surface area contributed by atoms with Crippen molar-refractivity contribution < 1.29 is 14.3 Å². The van der Waals surface area contributed by atoms with Crippen LogP contribution in [0.25, 0.3) is 33.9 Å². The summed E-state index contributed by atoms with van der Waals surface area (Å²) in [4.78, 5) is 18.1. The predicted octanol–water partition coefficient (Wildman–Crippen LogP) is 6.93. The molecule has 1 aliphatic heterocycles.